The lowest BCUT2D eigenvalue weighted by atomic mass is 9.77. The minimum atomic E-state index is -0.405. The van der Waals surface area contributed by atoms with Crippen LogP contribution in [0.3, 0.4) is 0 Å². The lowest BCUT2D eigenvalue weighted by Gasteiger charge is -2.40. The number of anilines is 1. The Morgan fingerprint density at radius 2 is 2.20 bits per heavy atom. The number of methoxy groups -OCH3 is 1. The SMILES string of the molecule is COC1(CC(=O)N2C[C@@H](C)[C@@]3(CCN(c4ccsc4)C3=O)C2)CCC1. The number of amides is 2. The number of hydrogen-bond acceptors (Lipinski definition) is 4. The van der Waals surface area contributed by atoms with E-state index in [9.17, 15) is 9.59 Å². The molecule has 1 aromatic heterocycles. The molecule has 3 fully saturated rings. The first kappa shape index (κ1) is 17.0. The van der Waals surface area contributed by atoms with E-state index < -0.39 is 5.41 Å². The summed E-state index contributed by atoms with van der Waals surface area (Å²) in [6, 6.07) is 2.00. The summed E-state index contributed by atoms with van der Waals surface area (Å²) in [5.41, 5.74) is 0.340. The van der Waals surface area contributed by atoms with E-state index in [4.69, 9.17) is 4.74 Å². The Bertz CT molecular complexity index is 665. The van der Waals surface area contributed by atoms with Gasteiger partial charge in [0.25, 0.3) is 0 Å². The fourth-order valence-electron chi connectivity index (χ4n) is 4.72. The van der Waals surface area contributed by atoms with Gasteiger partial charge in [0.2, 0.25) is 11.8 Å². The molecule has 0 unspecified atom stereocenters. The summed E-state index contributed by atoms with van der Waals surface area (Å²) >= 11 is 1.61. The number of thiophene rings is 1. The van der Waals surface area contributed by atoms with Gasteiger partial charge in [-0.25, -0.2) is 0 Å². The van der Waals surface area contributed by atoms with Crippen molar-refractivity contribution in [1.29, 1.82) is 0 Å². The maximum atomic E-state index is 13.2. The molecule has 3 aliphatic rings. The molecule has 136 valence electrons. The highest BCUT2D eigenvalue weighted by Gasteiger charge is 2.56. The van der Waals surface area contributed by atoms with Gasteiger partial charge in [-0.3, -0.25) is 9.59 Å². The number of ether oxygens (including phenoxy) is 1. The van der Waals surface area contributed by atoms with E-state index in [0.717, 1.165) is 37.9 Å². The minimum absolute atomic E-state index is 0.145. The van der Waals surface area contributed by atoms with Crippen LogP contribution in [0.4, 0.5) is 5.69 Å². The van der Waals surface area contributed by atoms with Crippen LogP contribution in [0.2, 0.25) is 0 Å². The summed E-state index contributed by atoms with van der Waals surface area (Å²) in [5, 5.41) is 4.03. The molecule has 1 saturated carbocycles. The number of carbonyl (C=O) groups excluding carboxylic acids is 2. The second-order valence-corrected chi connectivity index (χ2v) is 8.72. The summed E-state index contributed by atoms with van der Waals surface area (Å²) < 4.78 is 5.61. The van der Waals surface area contributed by atoms with Crippen molar-refractivity contribution in [2.75, 3.05) is 31.6 Å². The first-order chi connectivity index (χ1) is 12.0. The topological polar surface area (TPSA) is 49.9 Å². The molecule has 0 N–H and O–H groups in total. The number of rotatable bonds is 4. The molecule has 3 heterocycles. The largest absolute Gasteiger partial charge is 0.378 e. The molecule has 2 amide bonds. The van der Waals surface area contributed by atoms with Gasteiger partial charge in [0.1, 0.15) is 0 Å². The summed E-state index contributed by atoms with van der Waals surface area (Å²) in [7, 11) is 1.71. The molecule has 0 radical (unpaired) electrons. The summed E-state index contributed by atoms with van der Waals surface area (Å²) in [6.45, 7) is 4.12. The normalized spacial score (nSPS) is 31.0. The molecule has 1 spiro atoms. The van der Waals surface area contributed by atoms with E-state index in [1.165, 1.54) is 0 Å². The molecule has 0 aromatic carbocycles. The molecule has 25 heavy (non-hydrogen) atoms. The summed E-state index contributed by atoms with van der Waals surface area (Å²) in [4.78, 5) is 29.8. The molecular weight excluding hydrogens is 336 g/mol. The Hall–Kier alpha value is -1.40. The van der Waals surface area contributed by atoms with Crippen LogP contribution >= 0.6 is 11.3 Å². The zero-order valence-electron chi connectivity index (χ0n) is 15.0. The standard InChI is InChI=1S/C19H26N2O3S/c1-14-11-20(16(22)10-18(24-2)5-3-6-18)13-19(14)7-8-21(17(19)23)15-4-9-25-12-15/h4,9,12,14H,3,5-8,10-11,13H2,1-2H3/t14-,19-/m1/s1. The average molecular weight is 362 g/mol. The molecule has 1 aliphatic carbocycles. The molecule has 6 heteroatoms. The predicted octanol–water partition coefficient (Wildman–Crippen LogP) is 2.91. The highest BCUT2D eigenvalue weighted by atomic mass is 32.1. The number of hydrogen-bond donors (Lipinski definition) is 0. The zero-order chi connectivity index (χ0) is 17.7. The van der Waals surface area contributed by atoms with Gasteiger partial charge >= 0.3 is 0 Å². The first-order valence-corrected chi connectivity index (χ1v) is 10.1. The Labute approximate surface area is 152 Å². The van der Waals surface area contributed by atoms with E-state index in [2.05, 4.69) is 6.92 Å². The molecule has 1 aromatic rings. The highest BCUT2D eigenvalue weighted by molar-refractivity contribution is 7.08. The quantitative estimate of drug-likeness (QED) is 0.827. The third-order valence-corrected chi connectivity index (χ3v) is 7.38. The van der Waals surface area contributed by atoms with E-state index in [-0.39, 0.29) is 23.3 Å². The Kier molecular flexibility index (Phi) is 4.15. The monoisotopic (exact) mass is 362 g/mol. The van der Waals surface area contributed by atoms with Gasteiger partial charge in [-0.05, 0) is 43.0 Å². The van der Waals surface area contributed by atoms with Crippen LogP contribution in [0.1, 0.15) is 39.0 Å². The van der Waals surface area contributed by atoms with Crippen LogP contribution in [-0.2, 0) is 14.3 Å². The Morgan fingerprint density at radius 3 is 2.80 bits per heavy atom. The van der Waals surface area contributed by atoms with Crippen LogP contribution in [0.25, 0.3) is 0 Å². The van der Waals surface area contributed by atoms with Crippen molar-refractivity contribution < 1.29 is 14.3 Å². The van der Waals surface area contributed by atoms with E-state index >= 15 is 0 Å². The maximum Gasteiger partial charge on any atom is 0.235 e. The fourth-order valence-corrected chi connectivity index (χ4v) is 5.36. The summed E-state index contributed by atoms with van der Waals surface area (Å²) in [5.74, 6) is 0.540. The molecule has 4 rings (SSSR count). The fraction of sp³-hybridized carbons (Fsp3) is 0.684. The van der Waals surface area contributed by atoms with Gasteiger partial charge < -0.3 is 14.5 Å². The van der Waals surface area contributed by atoms with Crippen LogP contribution in [-0.4, -0.2) is 49.1 Å². The van der Waals surface area contributed by atoms with Crippen molar-refractivity contribution in [2.24, 2.45) is 11.3 Å². The van der Waals surface area contributed by atoms with Crippen molar-refractivity contribution in [3.8, 4) is 0 Å². The van der Waals surface area contributed by atoms with Crippen LogP contribution < -0.4 is 4.90 Å². The predicted molar refractivity (Wildman–Crippen MR) is 97.7 cm³/mol. The van der Waals surface area contributed by atoms with Crippen LogP contribution in [0.15, 0.2) is 16.8 Å². The molecular formula is C19H26N2O3S. The Balaban J connectivity index is 1.48. The van der Waals surface area contributed by atoms with Crippen molar-refractivity contribution in [3.63, 3.8) is 0 Å². The molecule has 0 bridgehead atoms. The highest BCUT2D eigenvalue weighted by Crippen LogP contribution is 2.47. The van der Waals surface area contributed by atoms with Gasteiger partial charge in [-0.1, -0.05) is 6.92 Å². The van der Waals surface area contributed by atoms with Gasteiger partial charge in [-0.2, -0.15) is 11.3 Å². The molecule has 2 saturated heterocycles. The van der Waals surface area contributed by atoms with Crippen molar-refractivity contribution in [2.45, 2.75) is 44.6 Å². The zero-order valence-corrected chi connectivity index (χ0v) is 15.8. The molecule has 5 nitrogen and oxygen atoms in total. The van der Waals surface area contributed by atoms with Gasteiger partial charge in [0, 0.05) is 32.1 Å². The number of nitrogens with zero attached hydrogens (tertiary/aromatic N) is 2. The summed E-state index contributed by atoms with van der Waals surface area (Å²) in [6.07, 6.45) is 4.36. The smallest absolute Gasteiger partial charge is 0.235 e. The van der Waals surface area contributed by atoms with Crippen LogP contribution in [0.5, 0.6) is 0 Å². The minimum Gasteiger partial charge on any atom is -0.378 e. The number of likely N-dealkylation sites (tertiary alicyclic amines) is 1. The number of carbonyl (C=O) groups is 2. The van der Waals surface area contributed by atoms with E-state index in [1.807, 2.05) is 26.6 Å². The van der Waals surface area contributed by atoms with Crippen LogP contribution in [0, 0.1) is 11.3 Å². The lowest BCUT2D eigenvalue weighted by Crippen LogP contribution is -2.45. The average Bonchev–Trinajstić information content (AvgIpc) is 3.26. The van der Waals surface area contributed by atoms with Gasteiger partial charge in [0.15, 0.2) is 0 Å². The third-order valence-electron chi connectivity index (χ3n) is 6.70. The first-order valence-electron chi connectivity index (χ1n) is 9.17. The second-order valence-electron chi connectivity index (χ2n) is 7.94. The lowest BCUT2D eigenvalue weighted by molar-refractivity contribution is -0.143. The van der Waals surface area contributed by atoms with Crippen molar-refractivity contribution in [3.05, 3.63) is 16.8 Å². The molecule has 2 atom stereocenters. The van der Waals surface area contributed by atoms with Crippen molar-refractivity contribution >= 4 is 28.8 Å². The van der Waals surface area contributed by atoms with Gasteiger partial charge in [-0.15, -0.1) is 0 Å². The third kappa shape index (κ3) is 2.61. The van der Waals surface area contributed by atoms with Crippen molar-refractivity contribution in [1.82, 2.24) is 4.90 Å². The molecule has 2 aliphatic heterocycles. The Morgan fingerprint density at radius 1 is 1.40 bits per heavy atom. The van der Waals surface area contributed by atoms with E-state index in [1.54, 1.807) is 18.4 Å². The maximum absolute atomic E-state index is 13.2. The van der Waals surface area contributed by atoms with Gasteiger partial charge in [0.05, 0.1) is 23.1 Å². The van der Waals surface area contributed by atoms with E-state index in [0.29, 0.717) is 19.5 Å². The second kappa shape index (κ2) is 6.09.